The molecule has 138 valence electrons. The molecule has 0 unspecified atom stereocenters. The molecule has 0 spiro atoms. The van der Waals surface area contributed by atoms with E-state index in [1.807, 2.05) is 12.1 Å². The maximum Gasteiger partial charge on any atom is 0.406 e. The predicted octanol–water partition coefficient (Wildman–Crippen LogP) is 4.57. The molecule has 5 nitrogen and oxygen atoms in total. The van der Waals surface area contributed by atoms with E-state index in [2.05, 4.69) is 15.1 Å². The molecule has 0 aliphatic heterocycles. The van der Waals surface area contributed by atoms with E-state index in [1.165, 1.54) is 6.20 Å². The Balaban J connectivity index is 1.50. The highest BCUT2D eigenvalue weighted by atomic mass is 35.5. The molecule has 4 heterocycles. The molecule has 9 heteroatoms. The van der Waals surface area contributed by atoms with Crippen LogP contribution in [0.5, 0.6) is 0 Å². The van der Waals surface area contributed by atoms with E-state index in [0.717, 1.165) is 27.9 Å². The maximum atomic E-state index is 12.8. The molecule has 1 aliphatic rings. The van der Waals surface area contributed by atoms with Crippen molar-refractivity contribution in [1.82, 2.24) is 24.1 Å². The Morgan fingerprint density at radius 1 is 1.11 bits per heavy atom. The highest BCUT2D eigenvalue weighted by Gasteiger charge is 2.42. The fraction of sp³-hybridized carbons (Fsp3) is 0.278. The van der Waals surface area contributed by atoms with Gasteiger partial charge in [-0.1, -0.05) is 11.6 Å². The fourth-order valence-electron chi connectivity index (χ4n) is 3.65. The summed E-state index contributed by atoms with van der Waals surface area (Å²) in [5.74, 6) is 0.300. The Kier molecular flexibility index (Phi) is 3.49. The molecule has 4 aromatic rings. The average Bonchev–Trinajstić information content (AvgIpc) is 3.10. The Morgan fingerprint density at radius 2 is 1.96 bits per heavy atom. The van der Waals surface area contributed by atoms with E-state index in [0.29, 0.717) is 16.2 Å². The third kappa shape index (κ3) is 2.93. The zero-order chi connectivity index (χ0) is 18.8. The first-order chi connectivity index (χ1) is 12.9. The average molecular weight is 392 g/mol. The van der Waals surface area contributed by atoms with Crippen LogP contribution in [0.3, 0.4) is 0 Å². The number of alkyl halides is 3. The normalized spacial score (nSPS) is 19.9. The standard InChI is InChI=1S/C18H13ClF3N5/c19-15-8-13(17-23-4-6-27(17)25-15)11-7-12(11)14-2-1-10-3-5-26(16(10)24-14)9-18(20,21)22/h1-6,8,11-12H,7,9H2/t11-,12-/m0/s1. The van der Waals surface area contributed by atoms with Gasteiger partial charge in [0.2, 0.25) is 0 Å². The van der Waals surface area contributed by atoms with Crippen molar-refractivity contribution >= 4 is 28.3 Å². The van der Waals surface area contributed by atoms with Crippen molar-refractivity contribution < 1.29 is 13.2 Å². The van der Waals surface area contributed by atoms with Gasteiger partial charge in [-0.25, -0.2) is 14.5 Å². The zero-order valence-corrected chi connectivity index (χ0v) is 14.6. The van der Waals surface area contributed by atoms with Crippen molar-refractivity contribution in [2.75, 3.05) is 0 Å². The van der Waals surface area contributed by atoms with Gasteiger partial charge in [0.15, 0.2) is 5.65 Å². The molecule has 0 saturated heterocycles. The van der Waals surface area contributed by atoms with Gasteiger partial charge in [-0.05, 0) is 36.6 Å². The van der Waals surface area contributed by atoms with Gasteiger partial charge in [0, 0.05) is 41.2 Å². The quantitative estimate of drug-likeness (QED) is 0.514. The number of hydrogen-bond acceptors (Lipinski definition) is 3. The van der Waals surface area contributed by atoms with Gasteiger partial charge in [0.25, 0.3) is 0 Å². The molecule has 5 rings (SSSR count). The first-order valence-electron chi connectivity index (χ1n) is 8.41. The van der Waals surface area contributed by atoms with Crippen LogP contribution in [-0.4, -0.2) is 30.3 Å². The summed E-state index contributed by atoms with van der Waals surface area (Å²) in [6, 6.07) is 7.17. The summed E-state index contributed by atoms with van der Waals surface area (Å²) in [6.45, 7) is -1.05. The third-order valence-electron chi connectivity index (χ3n) is 4.91. The monoisotopic (exact) mass is 391 g/mol. The second-order valence-electron chi connectivity index (χ2n) is 6.77. The molecular weight excluding hydrogens is 379 g/mol. The van der Waals surface area contributed by atoms with E-state index < -0.39 is 12.7 Å². The van der Waals surface area contributed by atoms with Crippen LogP contribution in [0.25, 0.3) is 16.7 Å². The SMILES string of the molecule is FC(F)(F)Cn1ccc2ccc([C@H]3C[C@@H]3c3cc(Cl)nn4ccnc34)nc21. The summed E-state index contributed by atoms with van der Waals surface area (Å²) in [7, 11) is 0. The van der Waals surface area contributed by atoms with Crippen molar-refractivity contribution in [1.29, 1.82) is 0 Å². The highest BCUT2D eigenvalue weighted by Crippen LogP contribution is 2.55. The predicted molar refractivity (Wildman–Crippen MR) is 93.9 cm³/mol. The van der Waals surface area contributed by atoms with Crippen LogP contribution < -0.4 is 0 Å². The van der Waals surface area contributed by atoms with E-state index >= 15 is 0 Å². The molecule has 27 heavy (non-hydrogen) atoms. The number of aromatic nitrogens is 5. The number of hydrogen-bond donors (Lipinski definition) is 0. The lowest BCUT2D eigenvalue weighted by molar-refractivity contribution is -0.139. The smallest absolute Gasteiger partial charge is 0.323 e. The largest absolute Gasteiger partial charge is 0.406 e. The summed E-state index contributed by atoms with van der Waals surface area (Å²) in [4.78, 5) is 8.87. The molecule has 1 fully saturated rings. The molecule has 0 N–H and O–H groups in total. The van der Waals surface area contributed by atoms with E-state index in [4.69, 9.17) is 11.6 Å². The zero-order valence-electron chi connectivity index (χ0n) is 13.9. The van der Waals surface area contributed by atoms with Gasteiger partial charge >= 0.3 is 6.18 Å². The lowest BCUT2D eigenvalue weighted by atomic mass is 10.1. The summed E-state index contributed by atoms with van der Waals surface area (Å²) in [5.41, 5.74) is 2.87. The molecule has 0 amide bonds. The van der Waals surface area contributed by atoms with Crippen LogP contribution in [0.4, 0.5) is 13.2 Å². The molecule has 0 aromatic carbocycles. The third-order valence-corrected chi connectivity index (χ3v) is 5.09. The highest BCUT2D eigenvalue weighted by molar-refractivity contribution is 6.29. The van der Waals surface area contributed by atoms with Crippen molar-refractivity contribution in [2.24, 2.45) is 0 Å². The van der Waals surface area contributed by atoms with Gasteiger partial charge in [-0.2, -0.15) is 18.3 Å². The molecule has 4 aromatic heterocycles. The number of imidazole rings is 1. The second kappa shape index (κ2) is 5.69. The van der Waals surface area contributed by atoms with Crippen LogP contribution in [0.15, 0.2) is 42.9 Å². The van der Waals surface area contributed by atoms with Crippen LogP contribution in [-0.2, 0) is 6.54 Å². The lowest BCUT2D eigenvalue weighted by Gasteiger charge is -2.09. The molecule has 2 atom stereocenters. The second-order valence-corrected chi connectivity index (χ2v) is 7.16. The van der Waals surface area contributed by atoms with Gasteiger partial charge in [-0.15, -0.1) is 0 Å². The Labute approximate surface area is 156 Å². The minimum Gasteiger partial charge on any atom is -0.323 e. The molecule has 1 saturated carbocycles. The minimum atomic E-state index is -4.29. The number of nitrogens with zero attached hydrogens (tertiary/aromatic N) is 5. The van der Waals surface area contributed by atoms with Crippen molar-refractivity contribution in [3.63, 3.8) is 0 Å². The Morgan fingerprint density at radius 3 is 2.78 bits per heavy atom. The van der Waals surface area contributed by atoms with E-state index in [1.54, 1.807) is 29.0 Å². The van der Waals surface area contributed by atoms with E-state index in [-0.39, 0.29) is 11.8 Å². The number of halogens is 4. The molecular formula is C18H13ClF3N5. The number of pyridine rings is 1. The van der Waals surface area contributed by atoms with Crippen LogP contribution in [0, 0.1) is 0 Å². The summed E-state index contributed by atoms with van der Waals surface area (Å²) >= 11 is 6.11. The Hall–Kier alpha value is -2.61. The van der Waals surface area contributed by atoms with E-state index in [9.17, 15) is 13.2 Å². The number of rotatable bonds is 3. The molecule has 0 radical (unpaired) electrons. The van der Waals surface area contributed by atoms with Crippen molar-refractivity contribution in [3.8, 4) is 0 Å². The maximum absolute atomic E-state index is 12.8. The molecule has 1 aliphatic carbocycles. The van der Waals surface area contributed by atoms with Gasteiger partial charge in [0.1, 0.15) is 17.3 Å². The summed E-state index contributed by atoms with van der Waals surface area (Å²) < 4.78 is 41.1. The van der Waals surface area contributed by atoms with Crippen molar-refractivity contribution in [3.05, 3.63) is 59.3 Å². The number of fused-ring (bicyclic) bond motifs is 2. The minimum absolute atomic E-state index is 0.127. The summed E-state index contributed by atoms with van der Waals surface area (Å²) in [5, 5.41) is 5.25. The van der Waals surface area contributed by atoms with Crippen LogP contribution in [0.2, 0.25) is 5.15 Å². The van der Waals surface area contributed by atoms with Crippen LogP contribution in [0.1, 0.15) is 29.5 Å². The van der Waals surface area contributed by atoms with Crippen molar-refractivity contribution in [2.45, 2.75) is 31.0 Å². The first-order valence-corrected chi connectivity index (χ1v) is 8.79. The fourth-order valence-corrected chi connectivity index (χ4v) is 3.85. The summed E-state index contributed by atoms with van der Waals surface area (Å²) in [6.07, 6.45) is 1.38. The topological polar surface area (TPSA) is 48.0 Å². The van der Waals surface area contributed by atoms with Gasteiger partial charge < -0.3 is 4.57 Å². The van der Waals surface area contributed by atoms with Gasteiger partial charge in [-0.3, -0.25) is 0 Å². The molecule has 0 bridgehead atoms. The van der Waals surface area contributed by atoms with Crippen LogP contribution >= 0.6 is 11.6 Å². The Bertz CT molecular complexity index is 1160. The first kappa shape index (κ1) is 16.6. The lowest BCUT2D eigenvalue weighted by Crippen LogP contribution is -2.17. The van der Waals surface area contributed by atoms with Gasteiger partial charge in [0.05, 0.1) is 0 Å².